The number of methoxy groups -OCH3 is 1. The number of amides is 1. The number of benzene rings is 4. The number of anilines is 1. The van der Waals surface area contributed by atoms with Gasteiger partial charge in [-0.3, -0.25) is 4.79 Å². The zero-order chi connectivity index (χ0) is 22.2. The standard InChI is InChI=1S/C27H23NO2S2/c1-30-25-17-16-20(18-21(25)19-31-22-10-4-2-5-11-22)27(29)28-24-14-8-9-15-26(24)32-23-12-6-3-7-13-23/h2-18H,19H2,1H3,(H,28,29). The van der Waals surface area contributed by atoms with Crippen LogP contribution in [0, 0.1) is 0 Å². The van der Waals surface area contributed by atoms with Crippen LogP contribution < -0.4 is 10.1 Å². The van der Waals surface area contributed by atoms with Crippen LogP contribution >= 0.6 is 23.5 Å². The molecule has 0 fully saturated rings. The Kier molecular flexibility index (Phi) is 7.54. The van der Waals surface area contributed by atoms with Crippen LogP contribution in [-0.2, 0) is 5.75 Å². The second-order valence-electron chi connectivity index (χ2n) is 6.99. The molecule has 0 aromatic heterocycles. The third-order valence-electron chi connectivity index (χ3n) is 4.79. The molecule has 0 atom stereocenters. The van der Waals surface area contributed by atoms with Gasteiger partial charge in [0.05, 0.1) is 12.8 Å². The lowest BCUT2D eigenvalue weighted by Crippen LogP contribution is -2.13. The first-order valence-electron chi connectivity index (χ1n) is 10.2. The Bertz CT molecular complexity index is 1180. The van der Waals surface area contributed by atoms with E-state index in [4.69, 9.17) is 4.74 Å². The molecular weight excluding hydrogens is 434 g/mol. The topological polar surface area (TPSA) is 38.3 Å². The molecule has 3 nitrogen and oxygen atoms in total. The van der Waals surface area contributed by atoms with Crippen LogP contribution in [0.5, 0.6) is 5.75 Å². The van der Waals surface area contributed by atoms with Crippen molar-refractivity contribution >= 4 is 35.1 Å². The second kappa shape index (κ2) is 10.9. The van der Waals surface area contributed by atoms with E-state index in [9.17, 15) is 4.79 Å². The van der Waals surface area contributed by atoms with E-state index in [2.05, 4.69) is 29.6 Å². The molecule has 32 heavy (non-hydrogen) atoms. The fraction of sp³-hybridized carbons (Fsp3) is 0.0741. The minimum atomic E-state index is -0.139. The summed E-state index contributed by atoms with van der Waals surface area (Å²) in [4.78, 5) is 16.4. The van der Waals surface area contributed by atoms with Crippen LogP contribution in [0.3, 0.4) is 0 Å². The maximum atomic E-state index is 13.1. The Labute approximate surface area is 197 Å². The fourth-order valence-corrected chi connectivity index (χ4v) is 5.00. The summed E-state index contributed by atoms with van der Waals surface area (Å²) in [6.45, 7) is 0. The highest BCUT2D eigenvalue weighted by molar-refractivity contribution is 7.99. The van der Waals surface area contributed by atoms with E-state index in [1.54, 1.807) is 36.7 Å². The third-order valence-corrected chi connectivity index (χ3v) is 6.93. The zero-order valence-corrected chi connectivity index (χ0v) is 19.3. The van der Waals surface area contributed by atoms with E-state index in [0.717, 1.165) is 32.5 Å². The quantitative estimate of drug-likeness (QED) is 0.280. The number of rotatable bonds is 8. The van der Waals surface area contributed by atoms with Crippen LogP contribution in [0.2, 0.25) is 0 Å². The molecule has 0 unspecified atom stereocenters. The molecule has 0 spiro atoms. The lowest BCUT2D eigenvalue weighted by molar-refractivity contribution is 0.102. The number of nitrogens with one attached hydrogen (secondary N) is 1. The van der Waals surface area contributed by atoms with Crippen molar-refractivity contribution in [3.05, 3.63) is 114 Å². The van der Waals surface area contributed by atoms with Gasteiger partial charge in [0.15, 0.2) is 0 Å². The van der Waals surface area contributed by atoms with Gasteiger partial charge in [-0.15, -0.1) is 11.8 Å². The molecule has 0 aliphatic rings. The highest BCUT2D eigenvalue weighted by atomic mass is 32.2. The first-order chi connectivity index (χ1) is 15.7. The van der Waals surface area contributed by atoms with Gasteiger partial charge in [-0.05, 0) is 54.6 Å². The maximum absolute atomic E-state index is 13.1. The monoisotopic (exact) mass is 457 g/mol. The largest absolute Gasteiger partial charge is 0.496 e. The van der Waals surface area contributed by atoms with Crippen molar-refractivity contribution in [2.75, 3.05) is 12.4 Å². The minimum Gasteiger partial charge on any atom is -0.496 e. The molecule has 4 aromatic rings. The average molecular weight is 458 g/mol. The number of hydrogen-bond acceptors (Lipinski definition) is 4. The van der Waals surface area contributed by atoms with Gasteiger partial charge >= 0.3 is 0 Å². The smallest absolute Gasteiger partial charge is 0.255 e. The number of thioether (sulfide) groups is 1. The first kappa shape index (κ1) is 22.1. The molecule has 0 saturated heterocycles. The summed E-state index contributed by atoms with van der Waals surface area (Å²) >= 11 is 3.34. The van der Waals surface area contributed by atoms with Gasteiger partial charge in [-0.1, -0.05) is 60.3 Å². The summed E-state index contributed by atoms with van der Waals surface area (Å²) in [5, 5.41) is 3.08. The molecule has 0 bridgehead atoms. The normalized spacial score (nSPS) is 10.5. The van der Waals surface area contributed by atoms with Crippen LogP contribution in [0.15, 0.2) is 118 Å². The number of carbonyl (C=O) groups excluding carboxylic acids is 1. The van der Waals surface area contributed by atoms with Crippen molar-refractivity contribution in [3.63, 3.8) is 0 Å². The maximum Gasteiger partial charge on any atom is 0.255 e. The van der Waals surface area contributed by atoms with E-state index in [-0.39, 0.29) is 5.91 Å². The van der Waals surface area contributed by atoms with Crippen LogP contribution in [-0.4, -0.2) is 13.0 Å². The van der Waals surface area contributed by atoms with Gasteiger partial charge in [-0.25, -0.2) is 0 Å². The van der Waals surface area contributed by atoms with E-state index >= 15 is 0 Å². The molecule has 5 heteroatoms. The Morgan fingerprint density at radius 1 is 0.812 bits per heavy atom. The lowest BCUT2D eigenvalue weighted by Gasteiger charge is -2.13. The fourth-order valence-electron chi connectivity index (χ4n) is 3.18. The number of para-hydroxylation sites is 1. The predicted octanol–water partition coefficient (Wildman–Crippen LogP) is 7.39. The summed E-state index contributed by atoms with van der Waals surface area (Å²) < 4.78 is 5.52. The van der Waals surface area contributed by atoms with Crippen molar-refractivity contribution in [1.82, 2.24) is 0 Å². The van der Waals surface area contributed by atoms with Crippen molar-refractivity contribution in [3.8, 4) is 5.75 Å². The van der Waals surface area contributed by atoms with Crippen LogP contribution in [0.1, 0.15) is 15.9 Å². The predicted molar refractivity (Wildman–Crippen MR) is 134 cm³/mol. The molecule has 160 valence electrons. The van der Waals surface area contributed by atoms with Gasteiger partial charge in [-0.2, -0.15) is 0 Å². The molecule has 4 aromatic carbocycles. The Hall–Kier alpha value is -3.15. The minimum absolute atomic E-state index is 0.139. The Morgan fingerprint density at radius 2 is 1.47 bits per heavy atom. The van der Waals surface area contributed by atoms with E-state index in [0.29, 0.717) is 5.56 Å². The van der Waals surface area contributed by atoms with E-state index in [1.807, 2.05) is 72.8 Å². The molecular formula is C27H23NO2S2. The Balaban J connectivity index is 1.51. The number of carbonyl (C=O) groups is 1. The van der Waals surface area contributed by atoms with Gasteiger partial charge in [0.2, 0.25) is 0 Å². The van der Waals surface area contributed by atoms with Gasteiger partial charge in [0.1, 0.15) is 5.75 Å². The average Bonchev–Trinajstić information content (AvgIpc) is 2.85. The highest BCUT2D eigenvalue weighted by Crippen LogP contribution is 2.34. The van der Waals surface area contributed by atoms with Crippen LogP contribution in [0.25, 0.3) is 0 Å². The summed E-state index contributed by atoms with van der Waals surface area (Å²) in [7, 11) is 1.66. The lowest BCUT2D eigenvalue weighted by atomic mass is 10.1. The first-order valence-corrected chi connectivity index (χ1v) is 12.0. The molecule has 1 N–H and O–H groups in total. The van der Waals surface area contributed by atoms with Crippen molar-refractivity contribution in [2.45, 2.75) is 20.4 Å². The Morgan fingerprint density at radius 3 is 2.19 bits per heavy atom. The van der Waals surface area contributed by atoms with Gasteiger partial charge in [0.25, 0.3) is 5.91 Å². The summed E-state index contributed by atoms with van der Waals surface area (Å²) in [5.74, 6) is 1.36. The summed E-state index contributed by atoms with van der Waals surface area (Å²) in [5.41, 5.74) is 2.39. The molecule has 0 heterocycles. The molecule has 0 aliphatic heterocycles. The molecule has 4 rings (SSSR count). The van der Waals surface area contributed by atoms with Crippen molar-refractivity contribution in [2.24, 2.45) is 0 Å². The van der Waals surface area contributed by atoms with Crippen molar-refractivity contribution in [1.29, 1.82) is 0 Å². The summed E-state index contributed by atoms with van der Waals surface area (Å²) in [6.07, 6.45) is 0. The molecule has 0 radical (unpaired) electrons. The van der Waals surface area contributed by atoms with E-state index < -0.39 is 0 Å². The van der Waals surface area contributed by atoms with E-state index in [1.165, 1.54) is 4.90 Å². The highest BCUT2D eigenvalue weighted by Gasteiger charge is 2.13. The number of hydrogen-bond donors (Lipinski definition) is 1. The molecule has 0 aliphatic carbocycles. The third kappa shape index (κ3) is 5.75. The molecule has 1 amide bonds. The zero-order valence-electron chi connectivity index (χ0n) is 17.7. The van der Waals surface area contributed by atoms with Crippen molar-refractivity contribution < 1.29 is 9.53 Å². The van der Waals surface area contributed by atoms with Gasteiger partial charge in [0, 0.05) is 31.6 Å². The second-order valence-corrected chi connectivity index (χ2v) is 9.16. The molecule has 0 saturated carbocycles. The number of ether oxygens (including phenoxy) is 1. The van der Waals surface area contributed by atoms with Crippen LogP contribution in [0.4, 0.5) is 5.69 Å². The van der Waals surface area contributed by atoms with Gasteiger partial charge < -0.3 is 10.1 Å². The summed E-state index contributed by atoms with van der Waals surface area (Å²) in [6, 6.07) is 33.8. The SMILES string of the molecule is COc1ccc(C(=O)Nc2ccccc2Sc2ccccc2)cc1CSc1ccccc1.